The number of alkyl halides is 3. The first-order valence-corrected chi connectivity index (χ1v) is 13.1. The predicted molar refractivity (Wildman–Crippen MR) is 144 cm³/mol. The van der Waals surface area contributed by atoms with Gasteiger partial charge in [0.1, 0.15) is 12.6 Å². The van der Waals surface area contributed by atoms with Gasteiger partial charge in [-0.2, -0.15) is 18.4 Å². The van der Waals surface area contributed by atoms with E-state index in [9.17, 15) is 28.0 Å². The minimum atomic E-state index is -4.61. The lowest BCUT2D eigenvalue weighted by atomic mass is 9.89. The Morgan fingerprint density at radius 1 is 1.22 bits per heavy atom. The maximum Gasteiger partial charge on any atom is 0.416 e. The minimum absolute atomic E-state index is 0.0199. The van der Waals surface area contributed by atoms with Crippen molar-refractivity contribution in [3.63, 3.8) is 0 Å². The molecule has 3 aromatic rings. The van der Waals surface area contributed by atoms with Gasteiger partial charge in [-0.1, -0.05) is 12.1 Å². The van der Waals surface area contributed by atoms with Crippen molar-refractivity contribution in [2.75, 3.05) is 32.6 Å². The number of carbonyl (C=O) groups is 1. The monoisotopic (exact) mass is 567 g/mol. The number of nitrogens with zero attached hydrogens (tertiary/aromatic N) is 5. The van der Waals surface area contributed by atoms with Gasteiger partial charge >= 0.3 is 17.8 Å². The summed E-state index contributed by atoms with van der Waals surface area (Å²) >= 11 is 0. The quantitative estimate of drug-likeness (QED) is 0.330. The number of aromatic amines is 1. The van der Waals surface area contributed by atoms with Crippen LogP contribution in [0.4, 0.5) is 24.8 Å². The summed E-state index contributed by atoms with van der Waals surface area (Å²) in [5, 5.41) is 16.2. The number of hydrogen-bond acceptors (Lipinski definition) is 6. The molecule has 0 amide bonds. The van der Waals surface area contributed by atoms with Crippen LogP contribution in [0.1, 0.15) is 48.1 Å². The van der Waals surface area contributed by atoms with Gasteiger partial charge < -0.3 is 9.22 Å². The molecule has 2 aliphatic rings. The molecule has 0 saturated heterocycles. The fourth-order valence-electron chi connectivity index (χ4n) is 5.68. The number of carbonyl (C=O) groups excluding carboxylic acids is 1. The zero-order valence-electron chi connectivity index (χ0n) is 23.1. The van der Waals surface area contributed by atoms with Crippen molar-refractivity contribution in [1.82, 2.24) is 14.8 Å². The molecule has 2 heterocycles. The van der Waals surface area contributed by atoms with Crippen LogP contribution < -0.4 is 10.6 Å². The highest BCUT2D eigenvalue weighted by Gasteiger charge is 2.42. The SMILES string of the molecule is COC(=O)C1=C(C)N(c2cccc(C(F)(F)F)c2)c2n[nH]c(=O)n2C1c1ccc(C#N)cc1C[N+](C)(C)CC1CC1. The fourth-order valence-corrected chi connectivity index (χ4v) is 5.68. The molecular weight excluding hydrogens is 537 g/mol. The second-order valence-electron chi connectivity index (χ2n) is 11.2. The average molecular weight is 568 g/mol. The number of halogens is 3. The molecule has 1 aliphatic heterocycles. The molecule has 1 unspecified atom stereocenters. The molecule has 1 saturated carbocycles. The number of aromatic nitrogens is 3. The van der Waals surface area contributed by atoms with Crippen LogP contribution in [-0.2, 0) is 22.3 Å². The number of H-pyrrole nitrogens is 1. The topological polar surface area (TPSA) is 104 Å². The van der Waals surface area contributed by atoms with Crippen LogP contribution in [0, 0.1) is 17.2 Å². The molecule has 1 aromatic heterocycles. The molecule has 1 fully saturated rings. The molecule has 41 heavy (non-hydrogen) atoms. The first-order valence-electron chi connectivity index (χ1n) is 13.1. The van der Waals surface area contributed by atoms with Gasteiger partial charge in [-0.15, -0.1) is 5.10 Å². The summed E-state index contributed by atoms with van der Waals surface area (Å²) in [4.78, 5) is 28.0. The van der Waals surface area contributed by atoms with Crippen LogP contribution in [-0.4, -0.2) is 53.0 Å². The second-order valence-corrected chi connectivity index (χ2v) is 11.2. The van der Waals surface area contributed by atoms with Gasteiger partial charge in [0.25, 0.3) is 0 Å². The van der Waals surface area contributed by atoms with Crippen LogP contribution in [0.3, 0.4) is 0 Å². The van der Waals surface area contributed by atoms with Gasteiger partial charge in [0, 0.05) is 22.9 Å². The summed E-state index contributed by atoms with van der Waals surface area (Å²) in [7, 11) is 5.39. The van der Waals surface area contributed by atoms with Crippen LogP contribution in [0.2, 0.25) is 0 Å². The second kappa shape index (κ2) is 10.2. The van der Waals surface area contributed by atoms with E-state index in [0.29, 0.717) is 28.1 Å². The Kier molecular flexibility index (Phi) is 7.03. The summed E-state index contributed by atoms with van der Waals surface area (Å²) in [6.07, 6.45) is -2.27. The highest BCUT2D eigenvalue weighted by molar-refractivity contribution is 5.93. The summed E-state index contributed by atoms with van der Waals surface area (Å²) in [5.74, 6) is -0.101. The van der Waals surface area contributed by atoms with E-state index in [2.05, 4.69) is 30.4 Å². The highest BCUT2D eigenvalue weighted by Crippen LogP contribution is 2.44. The summed E-state index contributed by atoms with van der Waals surface area (Å²) in [5.41, 5.74) is 0.641. The summed E-state index contributed by atoms with van der Waals surface area (Å²) < 4.78 is 47.8. The van der Waals surface area contributed by atoms with Crippen LogP contribution in [0.25, 0.3) is 0 Å². The number of rotatable bonds is 7. The van der Waals surface area contributed by atoms with Gasteiger partial charge in [0.15, 0.2) is 0 Å². The number of hydrogen-bond donors (Lipinski definition) is 1. The number of fused-ring (bicyclic) bond motifs is 1. The maximum atomic E-state index is 13.6. The predicted octanol–water partition coefficient (Wildman–Crippen LogP) is 4.64. The minimum Gasteiger partial charge on any atom is -0.466 e. The van der Waals surface area contributed by atoms with Gasteiger partial charge in [0.2, 0.25) is 5.95 Å². The number of nitrogens with one attached hydrogen (secondary N) is 1. The lowest BCUT2D eigenvalue weighted by Gasteiger charge is -2.37. The molecular formula is C29H30F3N6O3+. The Morgan fingerprint density at radius 3 is 2.59 bits per heavy atom. The number of anilines is 2. The normalized spacial score (nSPS) is 17.3. The Labute approximate surface area is 234 Å². The molecule has 0 bridgehead atoms. The van der Waals surface area contributed by atoms with Crippen LogP contribution >= 0.6 is 0 Å². The Hall–Kier alpha value is -4.37. The molecule has 12 heteroatoms. The van der Waals surface area contributed by atoms with Crippen molar-refractivity contribution < 1.29 is 27.2 Å². The lowest BCUT2D eigenvalue weighted by molar-refractivity contribution is -0.905. The van der Waals surface area contributed by atoms with E-state index in [4.69, 9.17) is 4.74 Å². The molecule has 1 N–H and O–H groups in total. The molecule has 0 spiro atoms. The smallest absolute Gasteiger partial charge is 0.416 e. The number of methoxy groups -OCH3 is 1. The van der Waals surface area contributed by atoms with E-state index in [1.54, 1.807) is 25.1 Å². The number of quaternary nitrogens is 1. The molecule has 5 rings (SSSR count). The van der Waals surface area contributed by atoms with Gasteiger partial charge in [-0.05, 0) is 55.7 Å². The van der Waals surface area contributed by atoms with E-state index in [1.165, 1.54) is 41.6 Å². The molecule has 0 radical (unpaired) electrons. The Balaban J connectivity index is 1.73. The van der Waals surface area contributed by atoms with E-state index in [-0.39, 0.29) is 22.9 Å². The zero-order valence-corrected chi connectivity index (χ0v) is 23.1. The Morgan fingerprint density at radius 2 is 1.95 bits per heavy atom. The number of nitriles is 1. The number of benzene rings is 2. The van der Waals surface area contributed by atoms with Crippen molar-refractivity contribution in [3.8, 4) is 6.07 Å². The zero-order chi connectivity index (χ0) is 29.7. The summed E-state index contributed by atoms with van der Waals surface area (Å²) in [6.45, 7) is 3.03. The van der Waals surface area contributed by atoms with Crippen molar-refractivity contribution in [3.05, 3.63) is 86.5 Å². The van der Waals surface area contributed by atoms with E-state index < -0.39 is 29.4 Å². The fraction of sp³-hybridized carbons (Fsp3) is 0.379. The molecule has 214 valence electrons. The standard InChI is InChI=1S/C29H29F3N6O3/c1-17-24(26(39)41-4)25(23-11-10-19(14-33)12-20(23)16-38(2,3)15-18-8-9-18)37-27(34-35-28(37)40)36(17)22-7-5-6-21(13-22)29(30,31)32/h5-7,10-13,18,25H,8-9,15-16H2,1-4H3/p+1. The first-order chi connectivity index (χ1) is 19.3. The van der Waals surface area contributed by atoms with Gasteiger partial charge in [0.05, 0.1) is 50.5 Å². The lowest BCUT2D eigenvalue weighted by Crippen LogP contribution is -2.42. The molecule has 1 aliphatic carbocycles. The molecule has 2 aromatic carbocycles. The Bertz CT molecular complexity index is 1640. The van der Waals surface area contributed by atoms with Crippen molar-refractivity contribution in [2.24, 2.45) is 5.92 Å². The molecule has 9 nitrogen and oxygen atoms in total. The van der Waals surface area contributed by atoms with Gasteiger partial charge in [-0.3, -0.25) is 4.90 Å². The molecule has 1 atom stereocenters. The summed E-state index contributed by atoms with van der Waals surface area (Å²) in [6, 6.07) is 10.8. The maximum absolute atomic E-state index is 13.6. The van der Waals surface area contributed by atoms with Crippen molar-refractivity contribution in [1.29, 1.82) is 5.26 Å². The van der Waals surface area contributed by atoms with Gasteiger partial charge in [-0.25, -0.2) is 19.3 Å². The highest BCUT2D eigenvalue weighted by atomic mass is 19.4. The number of ether oxygens (including phenoxy) is 1. The van der Waals surface area contributed by atoms with Crippen LogP contribution in [0.5, 0.6) is 0 Å². The largest absolute Gasteiger partial charge is 0.466 e. The average Bonchev–Trinajstić information content (AvgIpc) is 3.65. The van der Waals surface area contributed by atoms with E-state index in [1.807, 2.05) is 0 Å². The van der Waals surface area contributed by atoms with Crippen LogP contribution in [0.15, 0.2) is 58.5 Å². The van der Waals surface area contributed by atoms with Crippen molar-refractivity contribution >= 4 is 17.6 Å². The van der Waals surface area contributed by atoms with Crippen molar-refractivity contribution in [2.45, 2.75) is 38.5 Å². The third-order valence-corrected chi connectivity index (χ3v) is 7.59. The van der Waals surface area contributed by atoms with E-state index >= 15 is 0 Å². The number of allylic oxidation sites excluding steroid dienone is 1. The third-order valence-electron chi connectivity index (χ3n) is 7.59. The number of esters is 1. The van der Waals surface area contributed by atoms with E-state index in [0.717, 1.165) is 24.2 Å². The third kappa shape index (κ3) is 5.37. The first kappa shape index (κ1) is 28.2.